The highest BCUT2D eigenvalue weighted by Crippen LogP contribution is 2.16. The topological polar surface area (TPSA) is 119 Å². The van der Waals surface area contributed by atoms with Crippen molar-refractivity contribution in [2.45, 2.75) is 26.5 Å². The lowest BCUT2D eigenvalue weighted by Gasteiger charge is -2.10. The van der Waals surface area contributed by atoms with Gasteiger partial charge in [0.15, 0.2) is 16.6 Å². The molecule has 0 saturated heterocycles. The molecule has 0 fully saturated rings. The molecule has 0 aliphatic heterocycles. The number of nitrogens with two attached hydrogens (primary N) is 1. The van der Waals surface area contributed by atoms with E-state index >= 15 is 0 Å². The lowest BCUT2D eigenvalue weighted by Crippen LogP contribution is -2.16. The summed E-state index contributed by atoms with van der Waals surface area (Å²) in [6, 6.07) is 0. The second-order valence-electron chi connectivity index (χ2n) is 4.86. The summed E-state index contributed by atoms with van der Waals surface area (Å²) in [5, 5.41) is 0.0240. The first-order valence-corrected chi connectivity index (χ1v) is 9.44. The molecule has 124 valence electrons. The normalized spacial score (nSPS) is 13.4. The van der Waals surface area contributed by atoms with Gasteiger partial charge in [-0.2, -0.15) is 0 Å². The first-order chi connectivity index (χ1) is 11.0. The van der Waals surface area contributed by atoms with E-state index in [2.05, 4.69) is 15.0 Å². The van der Waals surface area contributed by atoms with Crippen LogP contribution in [-0.2, 0) is 16.1 Å². The van der Waals surface area contributed by atoms with Gasteiger partial charge in [0.1, 0.15) is 18.0 Å². The van der Waals surface area contributed by atoms with E-state index in [1.165, 1.54) is 19.2 Å². The van der Waals surface area contributed by atoms with Gasteiger partial charge >= 0.3 is 0 Å². The molecular weight excluding hydrogens is 337 g/mol. The number of aromatic nitrogens is 4. The summed E-state index contributed by atoms with van der Waals surface area (Å²) in [5.74, 6) is 2.21. The van der Waals surface area contributed by atoms with Crippen molar-refractivity contribution in [3.8, 4) is 0 Å². The summed E-state index contributed by atoms with van der Waals surface area (Å²) < 4.78 is 7.30. The summed E-state index contributed by atoms with van der Waals surface area (Å²) in [6.07, 6.45) is 3.23. The fourth-order valence-electron chi connectivity index (χ4n) is 1.86. The van der Waals surface area contributed by atoms with Gasteiger partial charge in [0.2, 0.25) is 5.98 Å². The average Bonchev–Trinajstić information content (AvgIpc) is 2.89. The molecule has 0 radical (unpaired) electrons. The van der Waals surface area contributed by atoms with Gasteiger partial charge in [0, 0.05) is 12.7 Å². The SMILES string of the molecule is CC(=O)SCC/[P+]([O-])=C/OC(C)Cn1cnc2c(N)ncnc21. The van der Waals surface area contributed by atoms with Crippen molar-refractivity contribution < 1.29 is 14.4 Å². The zero-order valence-corrected chi connectivity index (χ0v) is 14.6. The van der Waals surface area contributed by atoms with Gasteiger partial charge in [0.25, 0.3) is 0 Å². The van der Waals surface area contributed by atoms with Crippen LogP contribution in [0.3, 0.4) is 0 Å². The van der Waals surface area contributed by atoms with Crippen LogP contribution in [0.2, 0.25) is 0 Å². The summed E-state index contributed by atoms with van der Waals surface area (Å²) in [7, 11) is -1.59. The van der Waals surface area contributed by atoms with Crippen LogP contribution in [0.15, 0.2) is 12.7 Å². The highest BCUT2D eigenvalue weighted by molar-refractivity contribution is 8.13. The predicted octanol–water partition coefficient (Wildman–Crippen LogP) is 0.610. The van der Waals surface area contributed by atoms with Crippen LogP contribution >= 0.6 is 19.5 Å². The number of nitrogens with zero attached hydrogens (tertiary/aromatic N) is 4. The number of rotatable bonds is 7. The summed E-state index contributed by atoms with van der Waals surface area (Å²) in [4.78, 5) is 34.8. The van der Waals surface area contributed by atoms with Crippen LogP contribution in [0.1, 0.15) is 13.8 Å². The van der Waals surface area contributed by atoms with E-state index in [1.807, 2.05) is 11.5 Å². The fourth-order valence-corrected chi connectivity index (χ4v) is 3.68. The third kappa shape index (κ3) is 5.24. The Morgan fingerprint density at radius 1 is 1.57 bits per heavy atom. The van der Waals surface area contributed by atoms with Gasteiger partial charge in [0.05, 0.1) is 26.7 Å². The Labute approximate surface area is 138 Å². The van der Waals surface area contributed by atoms with Crippen LogP contribution in [0, 0.1) is 0 Å². The van der Waals surface area contributed by atoms with Crippen LogP contribution in [0.25, 0.3) is 11.2 Å². The number of thioether (sulfide) groups is 1. The highest BCUT2D eigenvalue weighted by Gasteiger charge is 2.11. The van der Waals surface area contributed by atoms with Crippen molar-refractivity contribution in [2.75, 3.05) is 17.6 Å². The molecule has 0 spiro atoms. The summed E-state index contributed by atoms with van der Waals surface area (Å²) >= 11 is 1.16. The van der Waals surface area contributed by atoms with E-state index in [0.29, 0.717) is 35.4 Å². The van der Waals surface area contributed by atoms with Crippen LogP contribution in [-0.4, -0.2) is 48.6 Å². The van der Waals surface area contributed by atoms with Crippen LogP contribution in [0.4, 0.5) is 5.82 Å². The lowest BCUT2D eigenvalue weighted by molar-refractivity contribution is -0.153. The van der Waals surface area contributed by atoms with Gasteiger partial charge in [-0.3, -0.25) is 4.79 Å². The maximum atomic E-state index is 11.8. The number of anilines is 1. The molecule has 2 unspecified atom stereocenters. The number of ether oxygens (including phenoxy) is 1. The molecule has 2 aromatic heterocycles. The average molecular weight is 355 g/mol. The van der Waals surface area contributed by atoms with Crippen molar-refractivity contribution in [3.63, 3.8) is 0 Å². The van der Waals surface area contributed by atoms with Crippen molar-refractivity contribution in [2.24, 2.45) is 0 Å². The summed E-state index contributed by atoms with van der Waals surface area (Å²) in [5.41, 5.74) is 6.92. The number of fused-ring (bicyclic) bond motifs is 1. The Bertz CT molecular complexity index is 721. The first kappa shape index (κ1) is 17.8. The second kappa shape index (κ2) is 8.35. The smallest absolute Gasteiger partial charge is 0.208 e. The Kier molecular flexibility index (Phi) is 6.47. The van der Waals surface area contributed by atoms with Crippen molar-refractivity contribution in [1.29, 1.82) is 0 Å². The van der Waals surface area contributed by atoms with Crippen molar-refractivity contribution in [3.05, 3.63) is 12.7 Å². The number of nitrogen functional groups attached to an aromatic ring is 1. The summed E-state index contributed by atoms with van der Waals surface area (Å²) in [6.45, 7) is 3.85. The van der Waals surface area contributed by atoms with Gasteiger partial charge in [-0.1, -0.05) is 11.8 Å². The molecule has 0 aliphatic carbocycles. The molecule has 23 heavy (non-hydrogen) atoms. The standard InChI is InChI=1S/C13H18N5O3PS/c1-9(21-8-22(20)3-4-23-10(2)19)5-18-7-17-11-12(14)15-6-16-13(11)18/h6-9H,3-5H2,1-2H3,(H2,14,15,16). The monoisotopic (exact) mass is 355 g/mol. The third-order valence-electron chi connectivity index (χ3n) is 2.91. The number of imidazole rings is 1. The molecule has 2 heterocycles. The molecule has 2 atom stereocenters. The van der Waals surface area contributed by atoms with Gasteiger partial charge < -0.3 is 19.9 Å². The third-order valence-corrected chi connectivity index (χ3v) is 5.05. The minimum atomic E-state index is -1.59. The van der Waals surface area contributed by atoms with E-state index < -0.39 is 7.77 Å². The second-order valence-corrected chi connectivity index (χ2v) is 7.62. The lowest BCUT2D eigenvalue weighted by atomic mass is 10.4. The van der Waals surface area contributed by atoms with Gasteiger partial charge in [-0.15, -0.1) is 0 Å². The number of hydrogen-bond donors (Lipinski definition) is 1. The Balaban J connectivity index is 1.90. The van der Waals surface area contributed by atoms with E-state index in [9.17, 15) is 9.69 Å². The first-order valence-electron chi connectivity index (χ1n) is 6.94. The molecule has 0 bridgehead atoms. The van der Waals surface area contributed by atoms with E-state index in [4.69, 9.17) is 10.5 Å². The maximum Gasteiger partial charge on any atom is 0.208 e. The molecule has 0 saturated carbocycles. The fraction of sp³-hybridized carbons (Fsp3) is 0.462. The molecule has 0 aromatic carbocycles. The van der Waals surface area contributed by atoms with E-state index in [1.54, 1.807) is 6.33 Å². The van der Waals surface area contributed by atoms with Gasteiger partial charge in [-0.05, 0) is 6.92 Å². The zero-order chi connectivity index (χ0) is 16.8. The number of carbonyl (C=O) groups is 1. The van der Waals surface area contributed by atoms with E-state index in [-0.39, 0.29) is 11.2 Å². The van der Waals surface area contributed by atoms with Gasteiger partial charge in [-0.25, -0.2) is 15.0 Å². The Morgan fingerprint density at radius 3 is 3.09 bits per heavy atom. The zero-order valence-electron chi connectivity index (χ0n) is 12.9. The Hall–Kier alpha value is -1.54. The molecule has 10 heteroatoms. The molecule has 2 N–H and O–H groups in total. The molecule has 0 aliphatic rings. The quantitative estimate of drug-likeness (QED) is 0.718. The highest BCUT2D eigenvalue weighted by atomic mass is 32.2. The van der Waals surface area contributed by atoms with Crippen molar-refractivity contribution >= 4 is 47.6 Å². The van der Waals surface area contributed by atoms with Crippen molar-refractivity contribution in [1.82, 2.24) is 19.5 Å². The van der Waals surface area contributed by atoms with E-state index in [0.717, 1.165) is 11.8 Å². The molecule has 8 nitrogen and oxygen atoms in total. The van der Waals surface area contributed by atoms with Crippen LogP contribution in [0.5, 0.6) is 0 Å². The molecule has 2 aromatic rings. The Morgan fingerprint density at radius 2 is 2.35 bits per heavy atom. The predicted molar refractivity (Wildman–Crippen MR) is 91.3 cm³/mol. The molecule has 2 rings (SSSR count). The maximum absolute atomic E-state index is 11.8. The minimum Gasteiger partial charge on any atom is -0.629 e. The van der Waals surface area contributed by atoms with Crippen LogP contribution < -0.4 is 10.6 Å². The largest absolute Gasteiger partial charge is 0.629 e. The number of carbonyl (C=O) groups excluding carboxylic acids is 1. The number of hydrogen-bond acceptors (Lipinski definition) is 8. The molecule has 0 amide bonds. The molecular formula is C13H18N5O3PS. The minimum absolute atomic E-state index is 0.0240.